The molecule has 0 radical (unpaired) electrons. The van der Waals surface area contributed by atoms with Crippen molar-refractivity contribution in [2.45, 2.75) is 23.7 Å². The maximum absolute atomic E-state index is 13.4. The zero-order valence-electron chi connectivity index (χ0n) is 15.5. The first-order valence-electron chi connectivity index (χ1n) is 9.42. The number of sulfonamides is 1. The molecule has 0 atom stereocenters. The van der Waals surface area contributed by atoms with E-state index >= 15 is 0 Å². The van der Waals surface area contributed by atoms with Gasteiger partial charge in [0.05, 0.1) is 10.6 Å². The van der Waals surface area contributed by atoms with Crippen LogP contribution in [0.25, 0.3) is 21.7 Å². The van der Waals surface area contributed by atoms with Crippen molar-refractivity contribution in [3.05, 3.63) is 66.4 Å². The number of pyridine rings is 1. The molecule has 0 bridgehead atoms. The number of piperidine rings is 1. The molecule has 29 heavy (non-hydrogen) atoms. The van der Waals surface area contributed by atoms with E-state index in [-0.39, 0.29) is 11.7 Å². The summed E-state index contributed by atoms with van der Waals surface area (Å²) < 4.78 is 46.7. The van der Waals surface area contributed by atoms with Crippen LogP contribution >= 0.6 is 0 Å². The second kappa shape index (κ2) is 6.89. The van der Waals surface area contributed by atoms with E-state index in [4.69, 9.17) is 4.52 Å². The van der Waals surface area contributed by atoms with Crippen LogP contribution < -0.4 is 0 Å². The Hall–Kier alpha value is -2.84. The molecule has 2 aromatic carbocycles. The van der Waals surface area contributed by atoms with Gasteiger partial charge >= 0.3 is 0 Å². The SMILES string of the molecule is O=S(=O)(c1cccc2cnccc12)N1CCC(c2noc3cc(F)ccc23)CC1. The molecule has 0 aliphatic carbocycles. The summed E-state index contributed by atoms with van der Waals surface area (Å²) in [6.45, 7) is 0.786. The molecular weight excluding hydrogens is 393 g/mol. The maximum atomic E-state index is 13.4. The first-order valence-corrected chi connectivity index (χ1v) is 10.9. The van der Waals surface area contributed by atoms with Gasteiger partial charge < -0.3 is 4.52 Å². The smallest absolute Gasteiger partial charge is 0.243 e. The van der Waals surface area contributed by atoms with E-state index in [2.05, 4.69) is 10.1 Å². The summed E-state index contributed by atoms with van der Waals surface area (Å²) in [6, 6.07) is 11.3. The summed E-state index contributed by atoms with van der Waals surface area (Å²) in [6.07, 6.45) is 4.53. The molecule has 6 nitrogen and oxygen atoms in total. The van der Waals surface area contributed by atoms with Crippen molar-refractivity contribution in [1.82, 2.24) is 14.4 Å². The highest BCUT2D eigenvalue weighted by atomic mass is 32.2. The molecule has 0 unspecified atom stereocenters. The van der Waals surface area contributed by atoms with Crippen molar-refractivity contribution in [1.29, 1.82) is 0 Å². The highest BCUT2D eigenvalue weighted by Crippen LogP contribution is 2.35. The Balaban J connectivity index is 1.41. The first-order chi connectivity index (χ1) is 14.0. The Bertz CT molecular complexity index is 1310. The van der Waals surface area contributed by atoms with Crippen LogP contribution in [0.3, 0.4) is 0 Å². The van der Waals surface area contributed by atoms with Gasteiger partial charge in [-0.25, -0.2) is 12.8 Å². The van der Waals surface area contributed by atoms with Gasteiger partial charge in [-0.1, -0.05) is 17.3 Å². The number of hydrogen-bond acceptors (Lipinski definition) is 5. The van der Waals surface area contributed by atoms with E-state index in [0.29, 0.717) is 41.8 Å². The van der Waals surface area contributed by atoms with Crippen LogP contribution in [0, 0.1) is 5.82 Å². The average Bonchev–Trinajstić information content (AvgIpc) is 3.16. The molecule has 1 aliphatic heterocycles. The van der Waals surface area contributed by atoms with Gasteiger partial charge in [0, 0.05) is 53.6 Å². The fourth-order valence-electron chi connectivity index (χ4n) is 4.05. The zero-order chi connectivity index (χ0) is 20.0. The number of aromatic nitrogens is 2. The van der Waals surface area contributed by atoms with Gasteiger partial charge in [-0.3, -0.25) is 4.98 Å². The Morgan fingerprint density at radius 3 is 2.72 bits per heavy atom. The second-order valence-electron chi connectivity index (χ2n) is 7.24. The minimum Gasteiger partial charge on any atom is -0.356 e. The minimum atomic E-state index is -3.62. The highest BCUT2D eigenvalue weighted by Gasteiger charge is 2.32. The lowest BCUT2D eigenvalue weighted by Gasteiger charge is -2.30. The maximum Gasteiger partial charge on any atom is 0.243 e. The van der Waals surface area contributed by atoms with Crippen LogP contribution in [-0.2, 0) is 10.0 Å². The van der Waals surface area contributed by atoms with Crippen molar-refractivity contribution in [2.24, 2.45) is 0 Å². The molecule has 0 amide bonds. The van der Waals surface area contributed by atoms with E-state index in [9.17, 15) is 12.8 Å². The molecule has 0 spiro atoms. The Morgan fingerprint density at radius 1 is 1.07 bits per heavy atom. The number of nitrogens with zero attached hydrogens (tertiary/aromatic N) is 3. The van der Waals surface area contributed by atoms with Gasteiger partial charge in [-0.05, 0) is 37.1 Å². The highest BCUT2D eigenvalue weighted by molar-refractivity contribution is 7.89. The molecule has 3 heterocycles. The number of halogens is 1. The van der Waals surface area contributed by atoms with Crippen LogP contribution in [0.2, 0.25) is 0 Å². The molecule has 2 aromatic heterocycles. The monoisotopic (exact) mass is 411 g/mol. The molecule has 8 heteroatoms. The standard InChI is InChI=1S/C21H18FN3O3S/c22-16-4-5-18-19(12-16)28-24-21(18)14-7-10-25(11-8-14)29(26,27)20-3-1-2-15-13-23-9-6-17(15)20/h1-6,9,12-14H,7-8,10-11H2. The van der Waals surface area contributed by atoms with Crippen molar-refractivity contribution >= 4 is 31.8 Å². The fourth-order valence-corrected chi connectivity index (χ4v) is 5.74. The first kappa shape index (κ1) is 18.2. The topological polar surface area (TPSA) is 76.3 Å². The van der Waals surface area contributed by atoms with Crippen LogP contribution in [0.4, 0.5) is 4.39 Å². The molecule has 1 saturated heterocycles. The number of hydrogen-bond donors (Lipinski definition) is 0. The third-order valence-electron chi connectivity index (χ3n) is 5.56. The average molecular weight is 411 g/mol. The van der Waals surface area contributed by atoms with Gasteiger partial charge in [-0.2, -0.15) is 4.31 Å². The Kier molecular flexibility index (Phi) is 4.33. The molecular formula is C21H18FN3O3S. The number of fused-ring (bicyclic) bond motifs is 2. The zero-order valence-corrected chi connectivity index (χ0v) is 16.3. The lowest BCUT2D eigenvalue weighted by molar-refractivity contribution is 0.310. The number of rotatable bonds is 3. The molecule has 148 valence electrons. The fraction of sp³-hybridized carbons (Fsp3) is 0.238. The third-order valence-corrected chi connectivity index (χ3v) is 7.52. The van der Waals surface area contributed by atoms with Crippen LogP contribution in [0.15, 0.2) is 64.3 Å². The second-order valence-corrected chi connectivity index (χ2v) is 9.15. The van der Waals surface area contributed by atoms with E-state index < -0.39 is 10.0 Å². The predicted octanol–water partition coefficient (Wildman–Crippen LogP) is 4.08. The summed E-state index contributed by atoms with van der Waals surface area (Å²) in [7, 11) is -3.62. The van der Waals surface area contributed by atoms with Gasteiger partial charge in [0.15, 0.2) is 5.58 Å². The van der Waals surface area contributed by atoms with Crippen molar-refractivity contribution in [3.8, 4) is 0 Å². The van der Waals surface area contributed by atoms with E-state index in [1.807, 2.05) is 6.07 Å². The Morgan fingerprint density at radius 2 is 1.90 bits per heavy atom. The van der Waals surface area contributed by atoms with Crippen LogP contribution in [0.5, 0.6) is 0 Å². The van der Waals surface area contributed by atoms with E-state index in [1.54, 1.807) is 36.7 Å². The van der Waals surface area contributed by atoms with Gasteiger partial charge in [0.1, 0.15) is 5.82 Å². The van der Waals surface area contributed by atoms with Crippen molar-refractivity contribution < 1.29 is 17.3 Å². The summed E-state index contributed by atoms with van der Waals surface area (Å²) in [4.78, 5) is 4.37. The summed E-state index contributed by atoms with van der Waals surface area (Å²) in [5, 5.41) is 6.39. The summed E-state index contributed by atoms with van der Waals surface area (Å²) in [5.41, 5.74) is 1.19. The summed E-state index contributed by atoms with van der Waals surface area (Å²) >= 11 is 0. The third kappa shape index (κ3) is 3.08. The van der Waals surface area contributed by atoms with E-state index in [0.717, 1.165) is 16.5 Å². The quantitative estimate of drug-likeness (QED) is 0.508. The largest absolute Gasteiger partial charge is 0.356 e. The normalized spacial score (nSPS) is 16.6. The van der Waals surface area contributed by atoms with Crippen molar-refractivity contribution in [3.63, 3.8) is 0 Å². The molecule has 1 fully saturated rings. The van der Waals surface area contributed by atoms with Crippen LogP contribution in [0.1, 0.15) is 24.5 Å². The summed E-state index contributed by atoms with van der Waals surface area (Å²) in [5.74, 6) is -0.295. The lowest BCUT2D eigenvalue weighted by Crippen LogP contribution is -2.38. The van der Waals surface area contributed by atoms with Gasteiger partial charge in [-0.15, -0.1) is 0 Å². The predicted molar refractivity (Wildman–Crippen MR) is 106 cm³/mol. The Labute approximate surface area is 167 Å². The molecule has 0 saturated carbocycles. The molecule has 0 N–H and O–H groups in total. The van der Waals surface area contributed by atoms with Gasteiger partial charge in [0.25, 0.3) is 0 Å². The molecule has 4 aromatic rings. The molecule has 1 aliphatic rings. The number of benzene rings is 2. The van der Waals surface area contributed by atoms with E-state index in [1.165, 1.54) is 16.4 Å². The minimum absolute atomic E-state index is 0.0740. The lowest BCUT2D eigenvalue weighted by atomic mass is 9.92. The molecule has 5 rings (SSSR count). The van der Waals surface area contributed by atoms with Gasteiger partial charge in [0.2, 0.25) is 10.0 Å². The van der Waals surface area contributed by atoms with Crippen LogP contribution in [-0.4, -0.2) is 36.0 Å². The van der Waals surface area contributed by atoms with Crippen molar-refractivity contribution in [2.75, 3.05) is 13.1 Å².